The van der Waals surface area contributed by atoms with Gasteiger partial charge < -0.3 is 19.6 Å². The Morgan fingerprint density at radius 3 is 2.58 bits per heavy atom. The summed E-state index contributed by atoms with van der Waals surface area (Å²) in [5, 5.41) is 13.9. The molecule has 0 bridgehead atoms. The van der Waals surface area contributed by atoms with Crippen molar-refractivity contribution >= 4 is 16.9 Å². The first kappa shape index (κ1) is 21.5. The van der Waals surface area contributed by atoms with Crippen molar-refractivity contribution < 1.29 is 19.1 Å². The highest BCUT2D eigenvalue weighted by atomic mass is 16.5. The Kier molecular flexibility index (Phi) is 6.12. The predicted molar refractivity (Wildman–Crippen MR) is 120 cm³/mol. The molecule has 1 amide bonds. The van der Waals surface area contributed by atoms with E-state index in [0.29, 0.717) is 12.2 Å². The third kappa shape index (κ3) is 5.32. The number of hydrogen-bond acceptors (Lipinski definition) is 5. The molecule has 2 N–H and O–H groups in total. The van der Waals surface area contributed by atoms with Gasteiger partial charge in [0.1, 0.15) is 5.58 Å². The molecule has 0 aliphatic heterocycles. The summed E-state index contributed by atoms with van der Waals surface area (Å²) in [4.78, 5) is 17.4. The zero-order chi connectivity index (χ0) is 22.0. The number of nitrogens with zero attached hydrogens (tertiary/aromatic N) is 1. The van der Waals surface area contributed by atoms with E-state index in [2.05, 4.69) is 10.3 Å². The van der Waals surface area contributed by atoms with Crippen molar-refractivity contribution in [2.75, 3.05) is 6.61 Å². The van der Waals surface area contributed by atoms with Crippen molar-refractivity contribution in [2.45, 2.75) is 64.2 Å². The van der Waals surface area contributed by atoms with Crippen molar-refractivity contribution in [1.82, 2.24) is 10.3 Å². The monoisotopic (exact) mass is 422 g/mol. The van der Waals surface area contributed by atoms with Gasteiger partial charge in [-0.1, -0.05) is 12.1 Å². The van der Waals surface area contributed by atoms with Crippen molar-refractivity contribution in [3.8, 4) is 11.3 Å². The zero-order valence-electron chi connectivity index (χ0n) is 18.4. The smallest absolute Gasteiger partial charge is 0.251 e. The zero-order valence-corrected chi connectivity index (χ0v) is 18.4. The van der Waals surface area contributed by atoms with E-state index in [0.717, 1.165) is 53.6 Å². The minimum Gasteiger partial charge on any atom is -0.464 e. The predicted octanol–water partition coefficient (Wildman–Crippen LogP) is 4.63. The molecule has 0 spiro atoms. The number of aliphatic hydroxyl groups is 1. The highest BCUT2D eigenvalue weighted by molar-refractivity contribution is 5.96. The molecule has 0 unspecified atom stereocenters. The van der Waals surface area contributed by atoms with Crippen LogP contribution in [0.25, 0.3) is 22.2 Å². The maximum absolute atomic E-state index is 12.7. The van der Waals surface area contributed by atoms with Gasteiger partial charge in [-0.3, -0.25) is 9.78 Å². The van der Waals surface area contributed by atoms with Gasteiger partial charge in [0.25, 0.3) is 5.91 Å². The van der Waals surface area contributed by atoms with Crippen LogP contribution in [0.1, 0.15) is 55.6 Å². The van der Waals surface area contributed by atoms with E-state index in [4.69, 9.17) is 9.15 Å². The lowest BCUT2D eigenvalue weighted by atomic mass is 9.92. The first-order chi connectivity index (χ1) is 14.8. The van der Waals surface area contributed by atoms with Crippen LogP contribution in [0.3, 0.4) is 0 Å². The molecule has 1 aromatic carbocycles. The minimum atomic E-state index is -0.811. The Labute approximate surface area is 182 Å². The summed E-state index contributed by atoms with van der Waals surface area (Å²) in [6, 6.07) is 11.6. The molecule has 0 saturated heterocycles. The number of hydrogen-bond donors (Lipinski definition) is 2. The minimum absolute atomic E-state index is 0.0573. The largest absolute Gasteiger partial charge is 0.464 e. The number of nitrogens with one attached hydrogen (secondary N) is 1. The first-order valence-corrected chi connectivity index (χ1v) is 10.9. The van der Waals surface area contributed by atoms with Crippen LogP contribution < -0.4 is 5.32 Å². The summed E-state index contributed by atoms with van der Waals surface area (Å²) in [6.45, 7) is 5.77. The van der Waals surface area contributed by atoms with Gasteiger partial charge in [0.15, 0.2) is 0 Å². The Bertz CT molecular complexity index is 1040. The molecule has 1 aliphatic carbocycles. The molecule has 3 aromatic rings. The summed E-state index contributed by atoms with van der Waals surface area (Å²) < 4.78 is 11.3. The van der Waals surface area contributed by atoms with E-state index < -0.39 is 5.60 Å². The molecule has 4 rings (SSSR count). The van der Waals surface area contributed by atoms with Gasteiger partial charge >= 0.3 is 0 Å². The van der Waals surface area contributed by atoms with Crippen molar-refractivity contribution in [2.24, 2.45) is 0 Å². The van der Waals surface area contributed by atoms with Gasteiger partial charge in [-0.15, -0.1) is 0 Å². The molecule has 2 heterocycles. The van der Waals surface area contributed by atoms with E-state index in [1.807, 2.05) is 43.3 Å². The summed E-state index contributed by atoms with van der Waals surface area (Å²) >= 11 is 0. The molecular formula is C25H30N2O4. The van der Waals surface area contributed by atoms with Gasteiger partial charge in [0.2, 0.25) is 0 Å². The number of pyridine rings is 1. The number of carbonyl (C=O) groups is 1. The van der Waals surface area contributed by atoms with Crippen LogP contribution in [0, 0.1) is 6.92 Å². The summed E-state index contributed by atoms with van der Waals surface area (Å²) in [5.74, 6) is -0.0573. The van der Waals surface area contributed by atoms with Crippen LogP contribution in [0.15, 0.2) is 47.1 Å². The van der Waals surface area contributed by atoms with Crippen LogP contribution in [-0.4, -0.2) is 40.4 Å². The van der Waals surface area contributed by atoms with Crippen molar-refractivity contribution in [3.63, 3.8) is 0 Å². The second-order valence-electron chi connectivity index (χ2n) is 9.09. The molecule has 1 aliphatic rings. The molecular weight excluding hydrogens is 392 g/mol. The average Bonchev–Trinajstić information content (AvgIpc) is 3.20. The SMILES string of the molecule is Cc1cc2occc2c(-c2ccc(C(=O)N[C@H]3CC[C@H](OCC(C)(C)O)CC3)cc2)n1. The van der Waals surface area contributed by atoms with E-state index in [1.54, 1.807) is 20.1 Å². The number of ether oxygens (including phenoxy) is 1. The third-order valence-corrected chi connectivity index (χ3v) is 5.68. The molecule has 1 fully saturated rings. The Morgan fingerprint density at radius 2 is 1.90 bits per heavy atom. The molecule has 2 aromatic heterocycles. The van der Waals surface area contributed by atoms with Gasteiger partial charge in [-0.2, -0.15) is 0 Å². The number of benzene rings is 1. The number of aromatic nitrogens is 1. The van der Waals surface area contributed by atoms with Crippen molar-refractivity contribution in [1.29, 1.82) is 0 Å². The fourth-order valence-electron chi connectivity index (χ4n) is 4.05. The van der Waals surface area contributed by atoms with Crippen LogP contribution in [0.2, 0.25) is 0 Å². The maximum Gasteiger partial charge on any atom is 0.251 e. The summed E-state index contributed by atoms with van der Waals surface area (Å²) in [6.07, 6.45) is 5.36. The van der Waals surface area contributed by atoms with Crippen LogP contribution in [-0.2, 0) is 4.74 Å². The highest BCUT2D eigenvalue weighted by Crippen LogP contribution is 2.29. The van der Waals surface area contributed by atoms with E-state index in [-0.39, 0.29) is 18.1 Å². The Morgan fingerprint density at radius 1 is 1.19 bits per heavy atom. The quantitative estimate of drug-likeness (QED) is 0.605. The molecule has 6 heteroatoms. The topological polar surface area (TPSA) is 84.6 Å². The van der Waals surface area contributed by atoms with Gasteiger partial charge in [0, 0.05) is 34.3 Å². The fourth-order valence-corrected chi connectivity index (χ4v) is 4.05. The number of rotatable bonds is 6. The maximum atomic E-state index is 12.7. The van der Waals surface area contributed by atoms with E-state index >= 15 is 0 Å². The van der Waals surface area contributed by atoms with E-state index in [9.17, 15) is 9.90 Å². The van der Waals surface area contributed by atoms with Gasteiger partial charge in [-0.25, -0.2) is 0 Å². The Balaban J connectivity index is 1.36. The average molecular weight is 423 g/mol. The first-order valence-electron chi connectivity index (χ1n) is 10.9. The number of furan rings is 1. The molecule has 31 heavy (non-hydrogen) atoms. The third-order valence-electron chi connectivity index (χ3n) is 5.68. The van der Waals surface area contributed by atoms with E-state index in [1.165, 1.54) is 0 Å². The summed E-state index contributed by atoms with van der Waals surface area (Å²) in [5.41, 5.74) is 3.35. The van der Waals surface area contributed by atoms with Crippen LogP contribution >= 0.6 is 0 Å². The van der Waals surface area contributed by atoms with Gasteiger partial charge in [0.05, 0.1) is 30.3 Å². The lowest BCUT2D eigenvalue weighted by Gasteiger charge is -2.30. The summed E-state index contributed by atoms with van der Waals surface area (Å²) in [7, 11) is 0. The lowest BCUT2D eigenvalue weighted by Crippen LogP contribution is -2.40. The number of aryl methyl sites for hydroxylation is 1. The van der Waals surface area contributed by atoms with Crippen molar-refractivity contribution in [3.05, 3.63) is 53.9 Å². The number of amides is 1. The number of carbonyl (C=O) groups excluding carboxylic acids is 1. The molecule has 0 radical (unpaired) electrons. The normalized spacial score (nSPS) is 19.5. The van der Waals surface area contributed by atoms with Crippen LogP contribution in [0.4, 0.5) is 0 Å². The second kappa shape index (κ2) is 8.81. The molecule has 0 atom stereocenters. The molecule has 6 nitrogen and oxygen atoms in total. The lowest BCUT2D eigenvalue weighted by molar-refractivity contribution is -0.0640. The Hall–Kier alpha value is -2.70. The molecule has 164 valence electrons. The standard InChI is InChI=1S/C25H30N2O4/c1-16-14-22-21(12-13-30-22)23(26-16)17-4-6-18(7-5-17)24(28)27-19-8-10-20(11-9-19)31-15-25(2,3)29/h4-7,12-14,19-20,29H,8-11,15H2,1-3H3,(H,27,28)/t19-,20-. The number of fused-ring (bicyclic) bond motifs is 1. The fraction of sp³-hybridized carbons (Fsp3) is 0.440. The second-order valence-corrected chi connectivity index (χ2v) is 9.09. The molecule has 1 saturated carbocycles. The highest BCUT2D eigenvalue weighted by Gasteiger charge is 2.25. The van der Waals surface area contributed by atoms with Crippen LogP contribution in [0.5, 0.6) is 0 Å². The van der Waals surface area contributed by atoms with Gasteiger partial charge in [-0.05, 0) is 64.7 Å².